The van der Waals surface area contributed by atoms with Gasteiger partial charge in [0.25, 0.3) is 0 Å². The maximum Gasteiger partial charge on any atom is 0.316 e. The van der Waals surface area contributed by atoms with Gasteiger partial charge < -0.3 is 14.7 Å². The summed E-state index contributed by atoms with van der Waals surface area (Å²) >= 11 is 5.92. The summed E-state index contributed by atoms with van der Waals surface area (Å²) in [5.41, 5.74) is 1.27. The van der Waals surface area contributed by atoms with Crippen molar-refractivity contribution in [3.63, 3.8) is 0 Å². The molecule has 1 N–H and O–H groups in total. The van der Waals surface area contributed by atoms with Gasteiger partial charge in [-0.05, 0) is 56.1 Å². The van der Waals surface area contributed by atoms with E-state index < -0.39 is 11.5 Å². The third-order valence-electron chi connectivity index (χ3n) is 5.39. The molecular formula is C22H26ClNO3. The fourth-order valence-electron chi connectivity index (χ4n) is 3.79. The van der Waals surface area contributed by atoms with Gasteiger partial charge in [-0.2, -0.15) is 0 Å². The number of likely N-dealkylation sites (tertiary alicyclic amines) is 1. The first-order valence-electron chi connectivity index (χ1n) is 9.44. The van der Waals surface area contributed by atoms with E-state index in [-0.39, 0.29) is 5.97 Å². The zero-order valence-electron chi connectivity index (χ0n) is 15.6. The van der Waals surface area contributed by atoms with Crippen LogP contribution >= 0.6 is 11.6 Å². The van der Waals surface area contributed by atoms with Gasteiger partial charge in [-0.25, -0.2) is 0 Å². The molecule has 3 rings (SSSR count). The van der Waals surface area contributed by atoms with E-state index in [2.05, 4.69) is 4.90 Å². The molecule has 5 heteroatoms. The number of halogens is 1. The molecule has 0 aliphatic carbocycles. The molecule has 4 nitrogen and oxygen atoms in total. The van der Waals surface area contributed by atoms with Crippen molar-refractivity contribution in [2.75, 3.05) is 26.2 Å². The van der Waals surface area contributed by atoms with Crippen LogP contribution in [0.4, 0.5) is 0 Å². The number of rotatable bonds is 6. The summed E-state index contributed by atoms with van der Waals surface area (Å²) in [6, 6.07) is 17.2. The van der Waals surface area contributed by atoms with Crippen LogP contribution in [0, 0.1) is 0 Å². The number of hydrogen-bond donors (Lipinski definition) is 1. The molecule has 2 aromatic rings. The van der Waals surface area contributed by atoms with E-state index in [1.165, 1.54) is 0 Å². The number of hydrogen-bond acceptors (Lipinski definition) is 4. The van der Waals surface area contributed by atoms with E-state index in [0.29, 0.717) is 31.0 Å². The van der Waals surface area contributed by atoms with Gasteiger partial charge >= 0.3 is 5.97 Å². The van der Waals surface area contributed by atoms with Crippen LogP contribution in [-0.2, 0) is 14.9 Å². The first kappa shape index (κ1) is 19.9. The molecular weight excluding hydrogens is 362 g/mol. The lowest BCUT2D eigenvalue weighted by Gasteiger charge is -2.40. The van der Waals surface area contributed by atoms with Gasteiger partial charge in [0.05, 0.1) is 18.1 Å². The molecule has 27 heavy (non-hydrogen) atoms. The van der Waals surface area contributed by atoms with Crippen molar-refractivity contribution >= 4 is 17.6 Å². The van der Waals surface area contributed by atoms with Crippen molar-refractivity contribution < 1.29 is 14.6 Å². The van der Waals surface area contributed by atoms with E-state index in [1.807, 2.05) is 49.4 Å². The highest BCUT2D eigenvalue weighted by Crippen LogP contribution is 2.37. The molecule has 1 aliphatic rings. The molecule has 1 aliphatic heterocycles. The average Bonchev–Trinajstić information content (AvgIpc) is 2.70. The van der Waals surface area contributed by atoms with E-state index in [1.54, 1.807) is 12.1 Å². The number of nitrogens with zero attached hydrogens (tertiary/aromatic N) is 1. The molecule has 0 radical (unpaired) electrons. The summed E-state index contributed by atoms with van der Waals surface area (Å²) in [5.74, 6) is -0.144. The second kappa shape index (κ2) is 8.87. The van der Waals surface area contributed by atoms with Crippen molar-refractivity contribution in [1.29, 1.82) is 0 Å². The van der Waals surface area contributed by atoms with Crippen molar-refractivity contribution in [3.05, 3.63) is 70.7 Å². The monoisotopic (exact) mass is 387 g/mol. The predicted octanol–water partition coefficient (Wildman–Crippen LogP) is 3.97. The number of carbonyl (C=O) groups excluding carboxylic acids is 1. The lowest BCUT2D eigenvalue weighted by molar-refractivity contribution is -0.152. The highest BCUT2D eigenvalue weighted by Gasteiger charge is 2.44. The van der Waals surface area contributed by atoms with Gasteiger partial charge in [-0.1, -0.05) is 54.1 Å². The van der Waals surface area contributed by atoms with Crippen LogP contribution in [0.5, 0.6) is 0 Å². The van der Waals surface area contributed by atoms with Crippen LogP contribution in [0.15, 0.2) is 54.6 Å². The first-order valence-corrected chi connectivity index (χ1v) is 9.81. The molecule has 1 saturated heterocycles. The van der Waals surface area contributed by atoms with Gasteiger partial charge in [0.15, 0.2) is 0 Å². The fraction of sp³-hybridized carbons (Fsp3) is 0.409. The summed E-state index contributed by atoms with van der Waals surface area (Å²) in [5, 5.41) is 11.2. The fourth-order valence-corrected chi connectivity index (χ4v) is 3.92. The predicted molar refractivity (Wildman–Crippen MR) is 107 cm³/mol. The van der Waals surface area contributed by atoms with Crippen molar-refractivity contribution in [1.82, 2.24) is 4.90 Å². The van der Waals surface area contributed by atoms with E-state index in [4.69, 9.17) is 16.3 Å². The number of aliphatic hydroxyl groups excluding tert-OH is 1. The average molecular weight is 388 g/mol. The second-order valence-electron chi connectivity index (χ2n) is 7.04. The summed E-state index contributed by atoms with van der Waals surface area (Å²) in [7, 11) is 0. The maximum atomic E-state index is 12.8. The van der Waals surface area contributed by atoms with Gasteiger partial charge in [0.2, 0.25) is 0 Å². The van der Waals surface area contributed by atoms with Gasteiger partial charge in [-0.3, -0.25) is 4.79 Å². The van der Waals surface area contributed by atoms with Crippen molar-refractivity contribution in [2.45, 2.75) is 31.3 Å². The van der Waals surface area contributed by atoms with Crippen LogP contribution in [0.1, 0.15) is 37.0 Å². The minimum Gasteiger partial charge on any atom is -0.465 e. The van der Waals surface area contributed by atoms with E-state index >= 15 is 0 Å². The Morgan fingerprint density at radius 1 is 1.15 bits per heavy atom. The molecule has 2 aromatic carbocycles. The Morgan fingerprint density at radius 3 is 2.37 bits per heavy atom. The largest absolute Gasteiger partial charge is 0.465 e. The zero-order valence-corrected chi connectivity index (χ0v) is 16.4. The summed E-state index contributed by atoms with van der Waals surface area (Å²) in [4.78, 5) is 15.0. The Labute approximate surface area is 165 Å². The molecule has 144 valence electrons. The van der Waals surface area contributed by atoms with E-state index in [9.17, 15) is 9.90 Å². The first-order chi connectivity index (χ1) is 13.0. The van der Waals surface area contributed by atoms with Crippen molar-refractivity contribution in [2.24, 2.45) is 0 Å². The third-order valence-corrected chi connectivity index (χ3v) is 5.64. The molecule has 0 bridgehead atoms. The second-order valence-corrected chi connectivity index (χ2v) is 7.47. The molecule has 0 amide bonds. The van der Waals surface area contributed by atoms with Gasteiger partial charge in [-0.15, -0.1) is 0 Å². The topological polar surface area (TPSA) is 49.8 Å². The third kappa shape index (κ3) is 4.52. The molecule has 1 unspecified atom stereocenters. The number of piperidine rings is 1. The Morgan fingerprint density at radius 2 is 1.78 bits per heavy atom. The number of esters is 1. The number of benzene rings is 2. The Bertz CT molecular complexity index is 740. The number of ether oxygens (including phenoxy) is 1. The normalized spacial score (nSPS) is 18.0. The number of β-amino-alcohol motifs (C(OH)–C–C–N with tert-alkyl or cyclic N) is 1. The number of carbonyl (C=O) groups is 1. The lowest BCUT2D eigenvalue weighted by Crippen LogP contribution is -2.48. The highest BCUT2D eigenvalue weighted by molar-refractivity contribution is 6.30. The lowest BCUT2D eigenvalue weighted by atomic mass is 9.72. The Balaban J connectivity index is 1.69. The minimum absolute atomic E-state index is 0.144. The van der Waals surface area contributed by atoms with Crippen LogP contribution in [-0.4, -0.2) is 42.2 Å². The van der Waals surface area contributed by atoms with Crippen LogP contribution in [0.2, 0.25) is 5.02 Å². The molecule has 0 aromatic heterocycles. The van der Waals surface area contributed by atoms with Crippen LogP contribution < -0.4 is 0 Å². The van der Waals surface area contributed by atoms with Gasteiger partial charge in [0, 0.05) is 11.6 Å². The molecule has 1 heterocycles. The summed E-state index contributed by atoms with van der Waals surface area (Å²) in [6.45, 7) is 4.23. The molecule has 1 atom stereocenters. The summed E-state index contributed by atoms with van der Waals surface area (Å²) in [6.07, 6.45) is 0.793. The Kier molecular flexibility index (Phi) is 6.53. The Hall–Kier alpha value is -1.88. The highest BCUT2D eigenvalue weighted by atomic mass is 35.5. The van der Waals surface area contributed by atoms with Crippen LogP contribution in [0.25, 0.3) is 0 Å². The molecule has 0 spiro atoms. The van der Waals surface area contributed by atoms with E-state index in [0.717, 1.165) is 24.2 Å². The standard InChI is InChI=1S/C22H26ClNO3/c1-2-27-21(26)22(18-6-4-3-5-7-18)12-14-24(15-13-22)16-20(25)17-8-10-19(23)11-9-17/h3-11,20,25H,2,12-16H2,1H3. The molecule has 0 saturated carbocycles. The molecule has 1 fully saturated rings. The SMILES string of the molecule is CCOC(=O)C1(c2ccccc2)CCN(CC(O)c2ccc(Cl)cc2)CC1. The maximum absolute atomic E-state index is 12.8. The smallest absolute Gasteiger partial charge is 0.316 e. The zero-order chi connectivity index (χ0) is 19.3. The number of aliphatic hydroxyl groups is 1. The minimum atomic E-state index is -0.598. The van der Waals surface area contributed by atoms with Crippen molar-refractivity contribution in [3.8, 4) is 0 Å². The van der Waals surface area contributed by atoms with Crippen LogP contribution in [0.3, 0.4) is 0 Å². The summed E-state index contributed by atoms with van der Waals surface area (Å²) < 4.78 is 5.42. The quantitative estimate of drug-likeness (QED) is 0.762. The van der Waals surface area contributed by atoms with Gasteiger partial charge in [0.1, 0.15) is 0 Å².